The number of carbonyl (C=O) groups excluding carboxylic acids is 3. The average molecular weight is 308 g/mol. The minimum atomic E-state index is -1.74. The molecular weight excluding hydrogens is 288 g/mol. The van der Waals surface area contributed by atoms with Gasteiger partial charge in [0, 0.05) is 20.8 Å². The van der Waals surface area contributed by atoms with Gasteiger partial charge < -0.3 is 29.5 Å². The van der Waals surface area contributed by atoms with Crippen molar-refractivity contribution >= 4 is 17.9 Å². The van der Waals surface area contributed by atoms with E-state index >= 15 is 0 Å². The summed E-state index contributed by atoms with van der Waals surface area (Å²) in [7, 11) is 0. The molecule has 9 nitrogen and oxygen atoms in total. The average Bonchev–Trinajstić information content (AvgIpc) is 2.38. The molecule has 0 saturated heterocycles. The van der Waals surface area contributed by atoms with Gasteiger partial charge in [0.05, 0.1) is 6.61 Å². The zero-order valence-corrected chi connectivity index (χ0v) is 12.0. The molecule has 0 saturated carbocycles. The molecule has 9 heteroatoms. The molecular formula is C12H20O9. The van der Waals surface area contributed by atoms with Gasteiger partial charge in [-0.15, -0.1) is 0 Å². The number of hydrogen-bond acceptors (Lipinski definition) is 9. The van der Waals surface area contributed by atoms with Crippen LogP contribution in [0.4, 0.5) is 0 Å². The molecule has 4 unspecified atom stereocenters. The zero-order chi connectivity index (χ0) is 16.6. The van der Waals surface area contributed by atoms with Gasteiger partial charge in [-0.1, -0.05) is 0 Å². The molecule has 0 amide bonds. The summed E-state index contributed by atoms with van der Waals surface area (Å²) in [6, 6.07) is 0. The van der Waals surface area contributed by atoms with Gasteiger partial charge in [-0.3, -0.25) is 14.4 Å². The SMILES string of the molecule is CC(=O)OCC(OC(C)=O)C(OC(C)=O)C(O)C(O)CO. The molecule has 21 heavy (non-hydrogen) atoms. The van der Waals surface area contributed by atoms with Gasteiger partial charge in [0.1, 0.15) is 18.8 Å². The molecule has 0 aromatic rings. The van der Waals surface area contributed by atoms with Crippen molar-refractivity contribution in [3.05, 3.63) is 0 Å². The van der Waals surface area contributed by atoms with Crippen LogP contribution in [0.1, 0.15) is 20.8 Å². The largest absolute Gasteiger partial charge is 0.462 e. The molecule has 3 N–H and O–H groups in total. The summed E-state index contributed by atoms with van der Waals surface area (Å²) in [5.74, 6) is -2.26. The van der Waals surface area contributed by atoms with Crippen LogP contribution < -0.4 is 0 Å². The number of ether oxygens (including phenoxy) is 3. The summed E-state index contributed by atoms with van der Waals surface area (Å²) < 4.78 is 14.3. The second kappa shape index (κ2) is 9.27. The molecule has 122 valence electrons. The van der Waals surface area contributed by atoms with E-state index in [2.05, 4.69) is 4.74 Å². The van der Waals surface area contributed by atoms with E-state index in [1.54, 1.807) is 0 Å². The standard InChI is InChI=1S/C12H20O9/c1-6(14)19-5-10(20-7(2)15)12(21-8(3)16)11(18)9(17)4-13/h9-13,17-18H,4-5H2,1-3H3. The van der Waals surface area contributed by atoms with E-state index in [-0.39, 0.29) is 0 Å². The number of esters is 3. The minimum Gasteiger partial charge on any atom is -0.462 e. The first-order chi connectivity index (χ1) is 9.68. The molecule has 0 fully saturated rings. The Labute approximate surface area is 121 Å². The van der Waals surface area contributed by atoms with E-state index in [1.165, 1.54) is 0 Å². The second-order valence-electron chi connectivity index (χ2n) is 4.27. The van der Waals surface area contributed by atoms with Crippen LogP contribution in [-0.4, -0.2) is 70.9 Å². The van der Waals surface area contributed by atoms with Gasteiger partial charge in [-0.2, -0.15) is 0 Å². The van der Waals surface area contributed by atoms with Crippen molar-refractivity contribution in [1.29, 1.82) is 0 Å². The highest BCUT2D eigenvalue weighted by Gasteiger charge is 2.38. The van der Waals surface area contributed by atoms with Crippen LogP contribution in [0, 0.1) is 0 Å². The topological polar surface area (TPSA) is 140 Å². The van der Waals surface area contributed by atoms with Crippen molar-refractivity contribution in [2.45, 2.75) is 45.2 Å². The maximum atomic E-state index is 11.1. The monoisotopic (exact) mass is 308 g/mol. The smallest absolute Gasteiger partial charge is 0.303 e. The molecule has 0 spiro atoms. The van der Waals surface area contributed by atoms with Gasteiger partial charge in [-0.05, 0) is 0 Å². The van der Waals surface area contributed by atoms with Crippen LogP contribution in [0.15, 0.2) is 0 Å². The predicted molar refractivity (Wildman–Crippen MR) is 66.8 cm³/mol. The first-order valence-corrected chi connectivity index (χ1v) is 6.13. The van der Waals surface area contributed by atoms with Gasteiger partial charge >= 0.3 is 17.9 Å². The first kappa shape index (κ1) is 19.3. The van der Waals surface area contributed by atoms with E-state index in [1.807, 2.05) is 0 Å². The van der Waals surface area contributed by atoms with E-state index in [0.29, 0.717) is 0 Å². The van der Waals surface area contributed by atoms with Crippen molar-refractivity contribution in [2.75, 3.05) is 13.2 Å². The molecule has 0 rings (SSSR count). The molecule has 0 heterocycles. The van der Waals surface area contributed by atoms with Crippen LogP contribution in [0.2, 0.25) is 0 Å². The van der Waals surface area contributed by atoms with E-state index in [9.17, 15) is 24.6 Å². The first-order valence-electron chi connectivity index (χ1n) is 6.13. The molecule has 0 aliphatic rings. The summed E-state index contributed by atoms with van der Waals surface area (Å²) >= 11 is 0. The van der Waals surface area contributed by atoms with E-state index in [4.69, 9.17) is 14.6 Å². The van der Waals surface area contributed by atoms with Gasteiger partial charge in [0.25, 0.3) is 0 Å². The van der Waals surface area contributed by atoms with Crippen molar-refractivity contribution in [1.82, 2.24) is 0 Å². The van der Waals surface area contributed by atoms with Crippen LogP contribution >= 0.6 is 0 Å². The fourth-order valence-electron chi connectivity index (χ4n) is 1.49. The summed E-state index contributed by atoms with van der Waals surface area (Å²) in [6.07, 6.45) is -6.21. The Morgan fingerprint density at radius 3 is 1.86 bits per heavy atom. The van der Waals surface area contributed by atoms with Crippen LogP contribution in [0.5, 0.6) is 0 Å². The molecule has 0 bridgehead atoms. The summed E-state index contributed by atoms with van der Waals surface area (Å²) in [5, 5.41) is 28.1. The molecule has 4 atom stereocenters. The lowest BCUT2D eigenvalue weighted by molar-refractivity contribution is -0.190. The lowest BCUT2D eigenvalue weighted by atomic mass is 10.0. The molecule has 0 aliphatic carbocycles. The number of aliphatic hydroxyl groups is 3. The highest BCUT2D eigenvalue weighted by atomic mass is 16.6. The fourth-order valence-corrected chi connectivity index (χ4v) is 1.49. The van der Waals surface area contributed by atoms with Gasteiger partial charge in [0.15, 0.2) is 12.2 Å². The Bertz CT molecular complexity index is 368. The van der Waals surface area contributed by atoms with E-state index in [0.717, 1.165) is 20.8 Å². The Morgan fingerprint density at radius 1 is 0.952 bits per heavy atom. The van der Waals surface area contributed by atoms with Crippen LogP contribution in [0.3, 0.4) is 0 Å². The highest BCUT2D eigenvalue weighted by molar-refractivity contribution is 5.68. The van der Waals surface area contributed by atoms with Crippen molar-refractivity contribution in [2.24, 2.45) is 0 Å². The van der Waals surface area contributed by atoms with Crippen molar-refractivity contribution in [3.63, 3.8) is 0 Å². The van der Waals surface area contributed by atoms with Crippen LogP contribution in [-0.2, 0) is 28.6 Å². The highest BCUT2D eigenvalue weighted by Crippen LogP contribution is 2.14. The van der Waals surface area contributed by atoms with Gasteiger partial charge in [-0.25, -0.2) is 0 Å². The Hall–Kier alpha value is -1.71. The Morgan fingerprint density at radius 2 is 1.48 bits per heavy atom. The maximum Gasteiger partial charge on any atom is 0.303 e. The minimum absolute atomic E-state index is 0.484. The molecule has 0 radical (unpaired) electrons. The molecule has 0 aromatic carbocycles. The lowest BCUT2D eigenvalue weighted by Gasteiger charge is -2.31. The lowest BCUT2D eigenvalue weighted by Crippen LogP contribution is -2.51. The predicted octanol–water partition coefficient (Wildman–Crippen LogP) is -1.87. The Balaban J connectivity index is 5.17. The maximum absolute atomic E-state index is 11.1. The molecule has 0 aliphatic heterocycles. The third-order valence-electron chi connectivity index (χ3n) is 2.35. The summed E-state index contributed by atoms with van der Waals surface area (Å²) in [4.78, 5) is 32.9. The van der Waals surface area contributed by atoms with E-state index < -0.39 is 55.5 Å². The van der Waals surface area contributed by atoms with Crippen LogP contribution in [0.25, 0.3) is 0 Å². The third kappa shape index (κ3) is 7.59. The summed E-state index contributed by atoms with van der Waals surface area (Å²) in [6.45, 7) is 1.94. The number of carbonyl (C=O) groups is 3. The normalized spacial score (nSPS) is 16.3. The number of hydrogen-bond donors (Lipinski definition) is 3. The van der Waals surface area contributed by atoms with Crippen molar-refractivity contribution < 1.29 is 43.9 Å². The number of rotatable bonds is 8. The fraction of sp³-hybridized carbons (Fsp3) is 0.750. The quantitative estimate of drug-likeness (QED) is 0.347. The van der Waals surface area contributed by atoms with Crippen molar-refractivity contribution in [3.8, 4) is 0 Å². The summed E-state index contributed by atoms with van der Waals surface area (Å²) in [5.41, 5.74) is 0. The Kier molecular flexibility index (Phi) is 8.51. The molecule has 0 aromatic heterocycles. The second-order valence-corrected chi connectivity index (χ2v) is 4.27. The number of aliphatic hydroxyl groups excluding tert-OH is 3. The zero-order valence-electron chi connectivity index (χ0n) is 12.0. The van der Waals surface area contributed by atoms with Gasteiger partial charge in [0.2, 0.25) is 0 Å². The third-order valence-corrected chi connectivity index (χ3v) is 2.35.